The summed E-state index contributed by atoms with van der Waals surface area (Å²) in [7, 11) is 1.69. The lowest BCUT2D eigenvalue weighted by Gasteiger charge is -2.40. The Balaban J connectivity index is 3.21. The molecule has 0 aromatic carbocycles. The number of nitrogens with two attached hydrogens (primary N) is 1. The molecule has 0 radical (unpaired) electrons. The molecule has 0 atom stereocenters. The molecule has 0 aliphatic carbocycles. The smallest absolute Gasteiger partial charge is 0.259 e. The second-order valence-corrected chi connectivity index (χ2v) is 4.37. The summed E-state index contributed by atoms with van der Waals surface area (Å²) >= 11 is 0. The lowest BCUT2D eigenvalue weighted by atomic mass is 9.86. The zero-order valence-corrected chi connectivity index (χ0v) is 9.05. The second kappa shape index (κ2) is 3.12. The van der Waals surface area contributed by atoms with Crippen LogP contribution in [0.25, 0.3) is 0 Å². The van der Waals surface area contributed by atoms with Gasteiger partial charge in [-0.3, -0.25) is 9.59 Å². The minimum Gasteiger partial charge on any atom is -0.365 e. The number of carbonyl (C=O) groups is 2. The van der Waals surface area contributed by atoms with Crippen molar-refractivity contribution in [2.24, 2.45) is 5.73 Å². The van der Waals surface area contributed by atoms with E-state index >= 15 is 0 Å². The molecule has 0 saturated heterocycles. The van der Waals surface area contributed by atoms with Crippen LogP contribution >= 0.6 is 0 Å². The van der Waals surface area contributed by atoms with Crippen LogP contribution in [-0.4, -0.2) is 29.3 Å². The summed E-state index contributed by atoms with van der Waals surface area (Å²) in [4.78, 5) is 24.4. The van der Waals surface area contributed by atoms with Crippen molar-refractivity contribution in [1.29, 1.82) is 0 Å². The summed E-state index contributed by atoms with van der Waals surface area (Å²) in [5, 5.41) is 0. The van der Waals surface area contributed by atoms with Gasteiger partial charge in [0.25, 0.3) is 11.8 Å². The molecule has 1 heterocycles. The van der Waals surface area contributed by atoms with E-state index in [1.165, 1.54) is 0 Å². The molecule has 14 heavy (non-hydrogen) atoms. The molecular formula is C10H16N2O2. The predicted molar refractivity (Wildman–Crippen MR) is 53.4 cm³/mol. The van der Waals surface area contributed by atoms with E-state index in [9.17, 15) is 9.59 Å². The van der Waals surface area contributed by atoms with E-state index in [1.54, 1.807) is 18.9 Å². The molecule has 1 aliphatic heterocycles. The molecule has 4 heteroatoms. The van der Waals surface area contributed by atoms with Crippen molar-refractivity contribution in [2.45, 2.75) is 32.7 Å². The lowest BCUT2D eigenvalue weighted by Crippen LogP contribution is -2.50. The van der Waals surface area contributed by atoms with Crippen LogP contribution in [0.1, 0.15) is 27.2 Å². The van der Waals surface area contributed by atoms with Gasteiger partial charge in [-0.2, -0.15) is 0 Å². The van der Waals surface area contributed by atoms with E-state index in [0.717, 1.165) is 5.57 Å². The van der Waals surface area contributed by atoms with Crippen molar-refractivity contribution in [3.8, 4) is 0 Å². The Hall–Kier alpha value is -1.32. The molecule has 0 saturated carbocycles. The summed E-state index contributed by atoms with van der Waals surface area (Å²) < 4.78 is 0. The third-order valence-corrected chi connectivity index (χ3v) is 2.80. The van der Waals surface area contributed by atoms with Gasteiger partial charge in [-0.1, -0.05) is 5.57 Å². The Morgan fingerprint density at radius 2 is 2.00 bits per heavy atom. The van der Waals surface area contributed by atoms with Gasteiger partial charge in [0.15, 0.2) is 0 Å². The predicted octanol–water partition coefficient (Wildman–Crippen LogP) is 0.429. The van der Waals surface area contributed by atoms with E-state index in [1.807, 2.05) is 13.8 Å². The van der Waals surface area contributed by atoms with Crippen molar-refractivity contribution in [2.75, 3.05) is 7.05 Å². The number of likely N-dealkylation sites (N-methyl/N-ethyl adjacent to an activating group) is 1. The summed E-state index contributed by atoms with van der Waals surface area (Å²) in [6.45, 7) is 5.71. The van der Waals surface area contributed by atoms with E-state index in [0.29, 0.717) is 6.42 Å². The summed E-state index contributed by atoms with van der Waals surface area (Å²) in [5.74, 6) is -0.902. The number of hydrogen-bond donors (Lipinski definition) is 1. The van der Waals surface area contributed by atoms with E-state index in [4.69, 9.17) is 5.73 Å². The van der Waals surface area contributed by atoms with E-state index < -0.39 is 5.91 Å². The molecule has 78 valence electrons. The third kappa shape index (κ3) is 1.52. The van der Waals surface area contributed by atoms with Crippen molar-refractivity contribution >= 4 is 11.8 Å². The normalized spacial score (nSPS) is 21.4. The van der Waals surface area contributed by atoms with Gasteiger partial charge in [-0.05, 0) is 27.2 Å². The molecule has 4 nitrogen and oxygen atoms in total. The van der Waals surface area contributed by atoms with Gasteiger partial charge < -0.3 is 10.6 Å². The Morgan fingerprint density at radius 3 is 2.43 bits per heavy atom. The van der Waals surface area contributed by atoms with Crippen molar-refractivity contribution in [3.63, 3.8) is 0 Å². The summed E-state index contributed by atoms with van der Waals surface area (Å²) in [6, 6.07) is 0. The second-order valence-electron chi connectivity index (χ2n) is 4.37. The van der Waals surface area contributed by atoms with Crippen LogP contribution in [0.15, 0.2) is 11.1 Å². The van der Waals surface area contributed by atoms with Crippen molar-refractivity contribution < 1.29 is 9.59 Å². The maximum atomic E-state index is 11.8. The monoisotopic (exact) mass is 196 g/mol. The van der Waals surface area contributed by atoms with E-state index in [-0.39, 0.29) is 17.0 Å². The van der Waals surface area contributed by atoms with Crippen LogP contribution in [0.2, 0.25) is 0 Å². The average Bonchev–Trinajstić information content (AvgIpc) is 1.98. The van der Waals surface area contributed by atoms with Crippen LogP contribution in [0.4, 0.5) is 0 Å². The quantitative estimate of drug-likeness (QED) is 0.618. The number of primary amides is 1. The highest BCUT2D eigenvalue weighted by atomic mass is 16.2. The Labute approximate surface area is 83.8 Å². The SMILES string of the molecule is CC1=C(C(N)=O)C(=O)N(C)C(C)(C)C1. The van der Waals surface area contributed by atoms with Gasteiger partial charge in [0, 0.05) is 12.6 Å². The van der Waals surface area contributed by atoms with Crippen LogP contribution in [0, 0.1) is 0 Å². The number of rotatable bonds is 1. The fourth-order valence-electron chi connectivity index (χ4n) is 1.80. The Morgan fingerprint density at radius 1 is 1.50 bits per heavy atom. The van der Waals surface area contributed by atoms with Crippen molar-refractivity contribution in [1.82, 2.24) is 4.90 Å². The first-order valence-corrected chi connectivity index (χ1v) is 4.55. The number of hydrogen-bond acceptors (Lipinski definition) is 2. The van der Waals surface area contributed by atoms with Gasteiger partial charge in [0.1, 0.15) is 5.57 Å². The summed E-state index contributed by atoms with van der Waals surface area (Å²) in [5.41, 5.74) is 5.85. The molecule has 0 aromatic rings. The molecular weight excluding hydrogens is 180 g/mol. The zero-order chi connectivity index (χ0) is 11.1. The third-order valence-electron chi connectivity index (χ3n) is 2.80. The first kappa shape index (κ1) is 10.8. The largest absolute Gasteiger partial charge is 0.365 e. The maximum Gasteiger partial charge on any atom is 0.259 e. The Kier molecular flexibility index (Phi) is 2.39. The molecule has 0 bridgehead atoms. The van der Waals surface area contributed by atoms with Crippen LogP contribution in [0.3, 0.4) is 0 Å². The highest BCUT2D eigenvalue weighted by Gasteiger charge is 2.37. The highest BCUT2D eigenvalue weighted by Crippen LogP contribution is 2.30. The standard InChI is InChI=1S/C10H16N2O2/c1-6-5-10(2,3)12(4)9(14)7(6)8(11)13/h5H2,1-4H3,(H2,11,13). The van der Waals surface area contributed by atoms with Gasteiger partial charge in [0.05, 0.1) is 0 Å². The molecule has 0 fully saturated rings. The molecule has 0 aromatic heterocycles. The minimum absolute atomic E-state index is 0.145. The average molecular weight is 196 g/mol. The molecule has 2 N–H and O–H groups in total. The highest BCUT2D eigenvalue weighted by molar-refractivity contribution is 6.19. The molecule has 0 spiro atoms. The maximum absolute atomic E-state index is 11.8. The first-order chi connectivity index (χ1) is 6.27. The first-order valence-electron chi connectivity index (χ1n) is 4.55. The van der Waals surface area contributed by atoms with Crippen LogP contribution in [-0.2, 0) is 9.59 Å². The molecule has 1 rings (SSSR count). The molecule has 2 amide bonds. The number of amides is 2. The fraction of sp³-hybridized carbons (Fsp3) is 0.600. The van der Waals surface area contributed by atoms with Gasteiger partial charge in [0.2, 0.25) is 0 Å². The topological polar surface area (TPSA) is 63.4 Å². The lowest BCUT2D eigenvalue weighted by molar-refractivity contribution is -0.133. The zero-order valence-electron chi connectivity index (χ0n) is 9.05. The number of nitrogens with zero attached hydrogens (tertiary/aromatic N) is 1. The Bertz CT molecular complexity index is 329. The minimum atomic E-state index is -0.630. The summed E-state index contributed by atoms with van der Waals surface area (Å²) in [6.07, 6.45) is 0.688. The van der Waals surface area contributed by atoms with Crippen LogP contribution in [0.5, 0.6) is 0 Å². The van der Waals surface area contributed by atoms with E-state index in [2.05, 4.69) is 0 Å². The molecule has 0 unspecified atom stereocenters. The van der Waals surface area contributed by atoms with Crippen molar-refractivity contribution in [3.05, 3.63) is 11.1 Å². The van der Waals surface area contributed by atoms with Gasteiger partial charge in [-0.15, -0.1) is 0 Å². The fourth-order valence-corrected chi connectivity index (χ4v) is 1.80. The molecule has 1 aliphatic rings. The van der Waals surface area contributed by atoms with Gasteiger partial charge >= 0.3 is 0 Å². The van der Waals surface area contributed by atoms with Gasteiger partial charge in [-0.25, -0.2) is 0 Å². The van der Waals surface area contributed by atoms with Crippen LogP contribution < -0.4 is 5.73 Å². The number of carbonyl (C=O) groups excluding carboxylic acids is 2.